The molecule has 0 radical (unpaired) electrons. The van der Waals surface area contributed by atoms with Gasteiger partial charge in [-0.2, -0.15) is 0 Å². The van der Waals surface area contributed by atoms with Gasteiger partial charge in [-0.3, -0.25) is 4.99 Å². The van der Waals surface area contributed by atoms with Gasteiger partial charge in [-0.1, -0.05) is 19.1 Å². The fourth-order valence-electron chi connectivity index (χ4n) is 2.65. The van der Waals surface area contributed by atoms with Crippen LogP contribution in [0.2, 0.25) is 0 Å². The van der Waals surface area contributed by atoms with E-state index in [9.17, 15) is 4.39 Å². The highest BCUT2D eigenvalue weighted by Gasteiger charge is 2.34. The zero-order chi connectivity index (χ0) is 15.1. The van der Waals surface area contributed by atoms with Gasteiger partial charge in [0.1, 0.15) is 5.82 Å². The molecular weight excluding hydrogens is 269 g/mol. The quantitative estimate of drug-likeness (QED) is 0.646. The average Bonchev–Trinajstić information content (AvgIpc) is 2.52. The third-order valence-electron chi connectivity index (χ3n) is 4.01. The second-order valence-electron chi connectivity index (χ2n) is 5.53. The van der Waals surface area contributed by atoms with Crippen LogP contribution in [-0.4, -0.2) is 32.3 Å². The number of ether oxygens (including phenoxy) is 1. The maximum absolute atomic E-state index is 13.1. The van der Waals surface area contributed by atoms with Gasteiger partial charge in [0.2, 0.25) is 0 Å². The Kier molecular flexibility index (Phi) is 5.56. The molecule has 1 aromatic rings. The van der Waals surface area contributed by atoms with Crippen molar-refractivity contribution in [2.45, 2.75) is 31.6 Å². The minimum atomic E-state index is -0.214. The van der Waals surface area contributed by atoms with Crippen molar-refractivity contribution in [1.29, 1.82) is 0 Å². The first kappa shape index (κ1) is 15.8. The summed E-state index contributed by atoms with van der Waals surface area (Å²) in [5.74, 6) is 0.262. The summed E-state index contributed by atoms with van der Waals surface area (Å²) in [6.45, 7) is 4.91. The van der Waals surface area contributed by atoms with Crippen molar-refractivity contribution in [1.82, 2.24) is 5.32 Å². The molecule has 0 amide bonds. The molecule has 0 bridgehead atoms. The highest BCUT2D eigenvalue weighted by molar-refractivity contribution is 5.77. The smallest absolute Gasteiger partial charge is 0.188 e. The Morgan fingerprint density at radius 1 is 1.33 bits per heavy atom. The average molecular weight is 293 g/mol. The van der Waals surface area contributed by atoms with Gasteiger partial charge < -0.3 is 15.8 Å². The van der Waals surface area contributed by atoms with Gasteiger partial charge in [0.25, 0.3) is 0 Å². The molecule has 1 saturated heterocycles. The molecule has 1 aromatic carbocycles. The zero-order valence-corrected chi connectivity index (χ0v) is 12.6. The topological polar surface area (TPSA) is 59.6 Å². The number of benzene rings is 1. The first-order valence-corrected chi connectivity index (χ1v) is 7.54. The lowest BCUT2D eigenvalue weighted by molar-refractivity contribution is 0.0531. The first-order chi connectivity index (χ1) is 10.2. The number of hydrogen-bond donors (Lipinski definition) is 2. The van der Waals surface area contributed by atoms with Gasteiger partial charge >= 0.3 is 0 Å². The van der Waals surface area contributed by atoms with Crippen LogP contribution in [-0.2, 0) is 10.2 Å². The van der Waals surface area contributed by atoms with Crippen molar-refractivity contribution in [2.75, 3.05) is 26.3 Å². The number of aliphatic imine (C=N–C) groups is 1. The lowest BCUT2D eigenvalue weighted by atomic mass is 9.74. The van der Waals surface area contributed by atoms with Gasteiger partial charge in [0.05, 0.1) is 6.54 Å². The third kappa shape index (κ3) is 4.17. The normalized spacial score (nSPS) is 18.5. The van der Waals surface area contributed by atoms with Gasteiger partial charge in [0.15, 0.2) is 5.96 Å². The Balaban J connectivity index is 2.15. The van der Waals surface area contributed by atoms with Crippen LogP contribution in [0, 0.1) is 5.82 Å². The summed E-state index contributed by atoms with van der Waals surface area (Å²) in [5, 5.41) is 3.09. The van der Waals surface area contributed by atoms with E-state index in [1.165, 1.54) is 12.1 Å². The molecule has 0 spiro atoms. The molecule has 1 fully saturated rings. The molecule has 3 N–H and O–H groups in total. The fraction of sp³-hybridized carbons (Fsp3) is 0.562. The van der Waals surface area contributed by atoms with Crippen LogP contribution in [0.1, 0.15) is 31.7 Å². The van der Waals surface area contributed by atoms with Crippen LogP contribution in [0.25, 0.3) is 0 Å². The number of rotatable bonds is 5. The van der Waals surface area contributed by atoms with E-state index in [4.69, 9.17) is 10.5 Å². The molecule has 21 heavy (non-hydrogen) atoms. The summed E-state index contributed by atoms with van der Waals surface area (Å²) in [4.78, 5) is 4.49. The number of nitrogens with one attached hydrogen (secondary N) is 1. The number of halogens is 1. The van der Waals surface area contributed by atoms with E-state index in [1.807, 2.05) is 12.1 Å². The Morgan fingerprint density at radius 3 is 2.62 bits per heavy atom. The Morgan fingerprint density at radius 2 is 2.00 bits per heavy atom. The number of nitrogens with two attached hydrogens (primary N) is 1. The van der Waals surface area contributed by atoms with Gasteiger partial charge in [-0.05, 0) is 37.0 Å². The van der Waals surface area contributed by atoms with Crippen LogP contribution in [0.5, 0.6) is 0 Å². The fourth-order valence-corrected chi connectivity index (χ4v) is 2.65. The lowest BCUT2D eigenvalue weighted by Crippen LogP contribution is -2.39. The predicted molar refractivity (Wildman–Crippen MR) is 82.9 cm³/mol. The Labute approximate surface area is 125 Å². The number of guanidine groups is 1. The lowest BCUT2D eigenvalue weighted by Gasteiger charge is -2.36. The summed E-state index contributed by atoms with van der Waals surface area (Å²) >= 11 is 0. The molecule has 1 aliphatic heterocycles. The van der Waals surface area contributed by atoms with E-state index in [1.54, 1.807) is 0 Å². The second kappa shape index (κ2) is 7.41. The Bertz CT molecular complexity index is 467. The molecular formula is C16H24FN3O. The van der Waals surface area contributed by atoms with Crippen molar-refractivity contribution < 1.29 is 9.13 Å². The van der Waals surface area contributed by atoms with E-state index in [2.05, 4.69) is 17.2 Å². The standard InChI is InChI=1S/C16H24FN3O/c1-2-9-19-15(18)20-12-16(7-10-21-11-8-16)13-3-5-14(17)6-4-13/h3-6H,2,7-12H2,1H3,(H3,18,19,20). The molecule has 1 aliphatic rings. The van der Waals surface area contributed by atoms with E-state index in [0.29, 0.717) is 25.7 Å². The van der Waals surface area contributed by atoms with Gasteiger partial charge in [-0.15, -0.1) is 0 Å². The van der Waals surface area contributed by atoms with Crippen molar-refractivity contribution >= 4 is 5.96 Å². The summed E-state index contributed by atoms with van der Waals surface area (Å²) in [6.07, 6.45) is 2.76. The third-order valence-corrected chi connectivity index (χ3v) is 4.01. The maximum Gasteiger partial charge on any atom is 0.188 e. The molecule has 0 aromatic heterocycles. The van der Waals surface area contributed by atoms with Crippen molar-refractivity contribution in [2.24, 2.45) is 10.7 Å². The maximum atomic E-state index is 13.1. The zero-order valence-electron chi connectivity index (χ0n) is 12.6. The molecule has 5 heteroatoms. The first-order valence-electron chi connectivity index (χ1n) is 7.54. The van der Waals surface area contributed by atoms with E-state index >= 15 is 0 Å². The largest absolute Gasteiger partial charge is 0.381 e. The summed E-state index contributed by atoms with van der Waals surface area (Å²) in [5.41, 5.74) is 6.89. The van der Waals surface area contributed by atoms with E-state index < -0.39 is 0 Å². The molecule has 0 aliphatic carbocycles. The van der Waals surface area contributed by atoms with E-state index in [0.717, 1.165) is 31.4 Å². The number of hydrogen-bond acceptors (Lipinski definition) is 2. The van der Waals surface area contributed by atoms with Gasteiger partial charge in [0, 0.05) is 25.2 Å². The van der Waals surface area contributed by atoms with Crippen LogP contribution in [0.15, 0.2) is 29.3 Å². The molecule has 0 unspecified atom stereocenters. The van der Waals surface area contributed by atoms with Crippen LogP contribution in [0.4, 0.5) is 4.39 Å². The molecule has 1 heterocycles. The van der Waals surface area contributed by atoms with E-state index in [-0.39, 0.29) is 11.2 Å². The second-order valence-corrected chi connectivity index (χ2v) is 5.53. The highest BCUT2D eigenvalue weighted by atomic mass is 19.1. The van der Waals surface area contributed by atoms with Crippen LogP contribution in [0.3, 0.4) is 0 Å². The van der Waals surface area contributed by atoms with Crippen molar-refractivity contribution in [3.05, 3.63) is 35.6 Å². The molecule has 116 valence electrons. The summed E-state index contributed by atoms with van der Waals surface area (Å²) in [6, 6.07) is 6.72. The Hall–Kier alpha value is -1.62. The minimum absolute atomic E-state index is 0.107. The summed E-state index contributed by atoms with van der Waals surface area (Å²) in [7, 11) is 0. The number of nitrogens with zero attached hydrogens (tertiary/aromatic N) is 1. The predicted octanol–water partition coefficient (Wildman–Crippen LogP) is 2.19. The molecule has 0 saturated carbocycles. The summed E-state index contributed by atoms with van der Waals surface area (Å²) < 4.78 is 18.6. The van der Waals surface area contributed by atoms with Crippen molar-refractivity contribution in [3.8, 4) is 0 Å². The monoisotopic (exact) mass is 293 g/mol. The minimum Gasteiger partial charge on any atom is -0.381 e. The van der Waals surface area contributed by atoms with Crippen LogP contribution < -0.4 is 11.1 Å². The highest BCUT2D eigenvalue weighted by Crippen LogP contribution is 2.35. The van der Waals surface area contributed by atoms with Crippen LogP contribution >= 0.6 is 0 Å². The van der Waals surface area contributed by atoms with Gasteiger partial charge in [-0.25, -0.2) is 4.39 Å². The van der Waals surface area contributed by atoms with Crippen molar-refractivity contribution in [3.63, 3.8) is 0 Å². The molecule has 2 rings (SSSR count). The SMILES string of the molecule is CCCNC(N)=NCC1(c2ccc(F)cc2)CCOCC1. The molecule has 0 atom stereocenters. The molecule has 4 nitrogen and oxygen atoms in total.